The zero-order valence-corrected chi connectivity index (χ0v) is 14.3. The third kappa shape index (κ3) is 3.72. The van der Waals surface area contributed by atoms with E-state index in [1.165, 1.54) is 25.8 Å². The van der Waals surface area contributed by atoms with Crippen molar-refractivity contribution in [2.75, 3.05) is 13.1 Å². The molecule has 1 saturated heterocycles. The van der Waals surface area contributed by atoms with Crippen LogP contribution in [0.3, 0.4) is 0 Å². The van der Waals surface area contributed by atoms with Crippen LogP contribution in [0.25, 0.3) is 0 Å². The van der Waals surface area contributed by atoms with Crippen molar-refractivity contribution in [1.29, 1.82) is 0 Å². The average Bonchev–Trinajstić information content (AvgIpc) is 2.44. The molecule has 3 atom stereocenters. The van der Waals surface area contributed by atoms with E-state index in [2.05, 4.69) is 58.7 Å². The Morgan fingerprint density at radius 3 is 2.16 bits per heavy atom. The lowest BCUT2D eigenvalue weighted by Gasteiger charge is -2.52. The first kappa shape index (κ1) is 17.0. The molecule has 2 heteroatoms. The summed E-state index contributed by atoms with van der Waals surface area (Å²) in [7, 11) is 0. The zero-order chi connectivity index (χ0) is 14.6. The fraction of sp³-hybridized carbons (Fsp3) is 1.00. The van der Waals surface area contributed by atoms with Crippen LogP contribution in [0.1, 0.15) is 67.7 Å². The molecule has 1 fully saturated rings. The summed E-state index contributed by atoms with van der Waals surface area (Å²) in [4.78, 5) is 2.82. The molecule has 3 unspecified atom stereocenters. The van der Waals surface area contributed by atoms with E-state index in [4.69, 9.17) is 0 Å². The minimum Gasteiger partial charge on any atom is -0.311 e. The van der Waals surface area contributed by atoms with Crippen molar-refractivity contribution in [3.05, 3.63) is 0 Å². The van der Waals surface area contributed by atoms with E-state index in [1.807, 2.05) is 0 Å². The van der Waals surface area contributed by atoms with Crippen molar-refractivity contribution in [3.8, 4) is 0 Å². The minimum atomic E-state index is 0.364. The Morgan fingerprint density at radius 1 is 1.16 bits per heavy atom. The summed E-state index contributed by atoms with van der Waals surface area (Å²) in [5.74, 6) is 1.50. The number of hydrogen-bond acceptors (Lipinski definition) is 2. The van der Waals surface area contributed by atoms with E-state index in [0.29, 0.717) is 17.6 Å². The molecule has 0 saturated carbocycles. The molecule has 1 aliphatic heterocycles. The van der Waals surface area contributed by atoms with Gasteiger partial charge in [0.1, 0.15) is 0 Å². The topological polar surface area (TPSA) is 15.3 Å². The molecule has 1 aliphatic rings. The molecule has 0 radical (unpaired) electrons. The first-order chi connectivity index (χ1) is 8.89. The van der Waals surface area contributed by atoms with Gasteiger partial charge in [0.15, 0.2) is 0 Å². The standard InChI is InChI=1S/C17H36N2/c1-8-14(6)15-12-19(17(7,9-2)10-3)16(11-18-15)13(4)5/h13-16,18H,8-12H2,1-7H3. The lowest BCUT2D eigenvalue weighted by atomic mass is 9.84. The monoisotopic (exact) mass is 268 g/mol. The van der Waals surface area contributed by atoms with Crippen LogP contribution in [0, 0.1) is 11.8 Å². The molecule has 19 heavy (non-hydrogen) atoms. The van der Waals surface area contributed by atoms with Crippen LogP contribution >= 0.6 is 0 Å². The van der Waals surface area contributed by atoms with Gasteiger partial charge >= 0.3 is 0 Å². The molecule has 1 N–H and O–H groups in total. The minimum absolute atomic E-state index is 0.364. The normalized spacial score (nSPS) is 27.8. The summed E-state index contributed by atoms with van der Waals surface area (Å²) in [5.41, 5.74) is 0.364. The molecule has 0 amide bonds. The molecule has 0 aromatic carbocycles. The summed E-state index contributed by atoms with van der Waals surface area (Å²) in [5, 5.41) is 3.81. The second-order valence-corrected chi connectivity index (χ2v) is 7.07. The summed E-state index contributed by atoms with van der Waals surface area (Å²) in [6.45, 7) is 19.0. The van der Waals surface area contributed by atoms with Crippen molar-refractivity contribution in [3.63, 3.8) is 0 Å². The predicted molar refractivity (Wildman–Crippen MR) is 85.6 cm³/mol. The number of nitrogens with zero attached hydrogens (tertiary/aromatic N) is 1. The van der Waals surface area contributed by atoms with Crippen molar-refractivity contribution < 1.29 is 0 Å². The second kappa shape index (κ2) is 7.08. The van der Waals surface area contributed by atoms with Crippen LogP contribution in [0.5, 0.6) is 0 Å². The Balaban J connectivity index is 2.90. The van der Waals surface area contributed by atoms with Gasteiger partial charge in [0.2, 0.25) is 0 Å². The molecule has 2 nitrogen and oxygen atoms in total. The third-order valence-electron chi connectivity index (χ3n) is 5.70. The lowest BCUT2D eigenvalue weighted by Crippen LogP contribution is -2.65. The highest BCUT2D eigenvalue weighted by Crippen LogP contribution is 2.31. The SMILES string of the molecule is CCC(C)C1CN(C(C)(CC)CC)C(C(C)C)CN1. The summed E-state index contributed by atoms with van der Waals surface area (Å²) in [6.07, 6.45) is 3.77. The molecule has 0 aliphatic carbocycles. The molecule has 0 aromatic heterocycles. The Hall–Kier alpha value is -0.0800. The summed E-state index contributed by atoms with van der Waals surface area (Å²) < 4.78 is 0. The quantitative estimate of drug-likeness (QED) is 0.786. The van der Waals surface area contributed by atoms with Crippen LogP contribution in [0.2, 0.25) is 0 Å². The van der Waals surface area contributed by atoms with Gasteiger partial charge in [0.25, 0.3) is 0 Å². The van der Waals surface area contributed by atoms with E-state index in [9.17, 15) is 0 Å². The van der Waals surface area contributed by atoms with E-state index < -0.39 is 0 Å². The predicted octanol–water partition coefficient (Wildman–Crippen LogP) is 3.91. The molecular weight excluding hydrogens is 232 g/mol. The van der Waals surface area contributed by atoms with Gasteiger partial charge < -0.3 is 5.32 Å². The van der Waals surface area contributed by atoms with E-state index in [0.717, 1.165) is 18.4 Å². The molecule has 1 heterocycles. The highest BCUT2D eigenvalue weighted by molar-refractivity contribution is 4.97. The molecule has 0 bridgehead atoms. The van der Waals surface area contributed by atoms with Crippen molar-refractivity contribution >= 4 is 0 Å². The number of hydrogen-bond donors (Lipinski definition) is 1. The fourth-order valence-electron chi connectivity index (χ4n) is 3.33. The first-order valence-corrected chi connectivity index (χ1v) is 8.39. The number of rotatable bonds is 6. The van der Waals surface area contributed by atoms with Gasteiger partial charge in [0.05, 0.1) is 0 Å². The highest BCUT2D eigenvalue weighted by atomic mass is 15.3. The van der Waals surface area contributed by atoms with Gasteiger partial charge in [-0.2, -0.15) is 0 Å². The first-order valence-electron chi connectivity index (χ1n) is 8.39. The van der Waals surface area contributed by atoms with Crippen LogP contribution in [0.4, 0.5) is 0 Å². The van der Waals surface area contributed by atoms with Gasteiger partial charge in [-0.1, -0.05) is 48.0 Å². The van der Waals surface area contributed by atoms with Crippen molar-refractivity contribution in [2.24, 2.45) is 11.8 Å². The van der Waals surface area contributed by atoms with E-state index >= 15 is 0 Å². The zero-order valence-electron chi connectivity index (χ0n) is 14.3. The van der Waals surface area contributed by atoms with Crippen LogP contribution in [0.15, 0.2) is 0 Å². The third-order valence-corrected chi connectivity index (χ3v) is 5.70. The summed E-state index contributed by atoms with van der Waals surface area (Å²) >= 11 is 0. The molecule has 114 valence electrons. The van der Waals surface area contributed by atoms with Crippen molar-refractivity contribution in [1.82, 2.24) is 10.2 Å². The van der Waals surface area contributed by atoms with Crippen LogP contribution < -0.4 is 5.32 Å². The van der Waals surface area contributed by atoms with E-state index in [-0.39, 0.29) is 0 Å². The Labute approximate surface area is 121 Å². The number of nitrogens with one attached hydrogen (secondary N) is 1. The van der Waals surface area contributed by atoms with Gasteiger partial charge in [-0.15, -0.1) is 0 Å². The Bertz CT molecular complexity index is 258. The highest BCUT2D eigenvalue weighted by Gasteiger charge is 2.40. The van der Waals surface area contributed by atoms with Gasteiger partial charge in [0, 0.05) is 30.7 Å². The van der Waals surface area contributed by atoms with Crippen LogP contribution in [-0.2, 0) is 0 Å². The fourth-order valence-corrected chi connectivity index (χ4v) is 3.33. The maximum atomic E-state index is 3.81. The maximum absolute atomic E-state index is 3.81. The smallest absolute Gasteiger partial charge is 0.0249 e. The Morgan fingerprint density at radius 2 is 1.74 bits per heavy atom. The van der Waals surface area contributed by atoms with Gasteiger partial charge in [-0.25, -0.2) is 0 Å². The molecule has 0 spiro atoms. The van der Waals surface area contributed by atoms with Gasteiger partial charge in [-0.05, 0) is 31.6 Å². The van der Waals surface area contributed by atoms with E-state index in [1.54, 1.807) is 0 Å². The van der Waals surface area contributed by atoms with Crippen LogP contribution in [-0.4, -0.2) is 35.6 Å². The molecule has 0 aromatic rings. The largest absolute Gasteiger partial charge is 0.311 e. The Kier molecular flexibility index (Phi) is 6.32. The second-order valence-electron chi connectivity index (χ2n) is 7.07. The number of piperazine rings is 1. The molecular formula is C17H36N2. The maximum Gasteiger partial charge on any atom is 0.0249 e. The average molecular weight is 268 g/mol. The van der Waals surface area contributed by atoms with Gasteiger partial charge in [-0.3, -0.25) is 4.90 Å². The summed E-state index contributed by atoms with van der Waals surface area (Å²) in [6, 6.07) is 1.35. The lowest BCUT2D eigenvalue weighted by molar-refractivity contribution is -0.0125. The molecule has 1 rings (SSSR count). The van der Waals surface area contributed by atoms with Crippen molar-refractivity contribution in [2.45, 2.75) is 85.4 Å².